The van der Waals surface area contributed by atoms with Crippen LogP contribution in [-0.4, -0.2) is 30.3 Å². The first-order valence-electron chi connectivity index (χ1n) is 7.73. The van der Waals surface area contributed by atoms with E-state index in [0.29, 0.717) is 18.5 Å². The fourth-order valence-corrected chi connectivity index (χ4v) is 2.58. The summed E-state index contributed by atoms with van der Waals surface area (Å²) in [5.74, 6) is 0.653. The second-order valence-electron chi connectivity index (χ2n) is 5.35. The molecular weight excluding hydrogens is 288 g/mol. The van der Waals surface area contributed by atoms with Gasteiger partial charge in [-0.1, -0.05) is 23.7 Å². The van der Waals surface area contributed by atoms with Crippen LogP contribution in [0.25, 0.3) is 0 Å². The van der Waals surface area contributed by atoms with Gasteiger partial charge in [-0.3, -0.25) is 0 Å². The highest BCUT2D eigenvalue weighted by Gasteiger charge is 2.14. The van der Waals surface area contributed by atoms with Gasteiger partial charge in [0, 0.05) is 13.1 Å². The van der Waals surface area contributed by atoms with Crippen LogP contribution in [0.2, 0.25) is 0 Å². The summed E-state index contributed by atoms with van der Waals surface area (Å²) in [5, 5.41) is 11.3. The number of halogens is 1. The second-order valence-corrected chi connectivity index (χ2v) is 5.35. The van der Waals surface area contributed by atoms with Crippen LogP contribution >= 0.6 is 12.4 Å². The minimum absolute atomic E-state index is 0. The molecule has 2 rings (SSSR count). The van der Waals surface area contributed by atoms with Crippen LogP contribution in [0.3, 0.4) is 0 Å². The maximum Gasteiger partial charge on any atom is 0.318 e. The minimum Gasteiger partial charge on any atom is -0.407 e. The van der Waals surface area contributed by atoms with Crippen LogP contribution in [0.1, 0.15) is 51.3 Å². The predicted octanol–water partition coefficient (Wildman–Crippen LogP) is 3.32. The average Bonchev–Trinajstić information content (AvgIpc) is 2.93. The smallest absolute Gasteiger partial charge is 0.318 e. The summed E-state index contributed by atoms with van der Waals surface area (Å²) >= 11 is 0. The van der Waals surface area contributed by atoms with E-state index in [2.05, 4.69) is 33.4 Å². The molecule has 0 aromatic carbocycles. The van der Waals surface area contributed by atoms with Gasteiger partial charge in [0.15, 0.2) is 0 Å². The summed E-state index contributed by atoms with van der Waals surface area (Å²) in [5.41, 5.74) is 1.59. The molecule has 0 aliphatic heterocycles. The minimum atomic E-state index is 0. The lowest BCUT2D eigenvalue weighted by atomic mass is 9.97. The van der Waals surface area contributed by atoms with Crippen molar-refractivity contribution in [2.24, 2.45) is 0 Å². The summed E-state index contributed by atoms with van der Waals surface area (Å²) < 4.78 is 5.70. The van der Waals surface area contributed by atoms with Gasteiger partial charge in [-0.15, -0.1) is 17.5 Å². The maximum atomic E-state index is 5.70. The van der Waals surface area contributed by atoms with E-state index >= 15 is 0 Å². The molecule has 5 nitrogen and oxygen atoms in total. The molecular formula is C15H27ClN4O. The molecule has 0 radical (unpaired) electrons. The molecule has 1 heterocycles. The van der Waals surface area contributed by atoms with Crippen LogP contribution in [0.4, 0.5) is 6.01 Å². The lowest BCUT2D eigenvalue weighted by molar-refractivity contribution is 0.468. The molecule has 21 heavy (non-hydrogen) atoms. The van der Waals surface area contributed by atoms with E-state index in [-0.39, 0.29) is 12.4 Å². The molecule has 120 valence electrons. The standard InChI is InChI=1S/C15H26N4O.ClH/c1-3-10-19(11-9-13-7-5-4-6-8-13)15-18-17-14(20-15)12-16-2;/h7,16H,3-6,8-12H2,1-2H3;1H. The number of nitrogens with one attached hydrogen (secondary N) is 1. The van der Waals surface area contributed by atoms with E-state index in [1.165, 1.54) is 25.7 Å². The summed E-state index contributed by atoms with van der Waals surface area (Å²) in [4.78, 5) is 2.21. The maximum absolute atomic E-state index is 5.70. The Morgan fingerprint density at radius 2 is 2.14 bits per heavy atom. The Hall–Kier alpha value is -1.07. The van der Waals surface area contributed by atoms with E-state index in [0.717, 1.165) is 25.9 Å². The van der Waals surface area contributed by atoms with Crippen LogP contribution in [0.5, 0.6) is 0 Å². The number of hydrogen-bond acceptors (Lipinski definition) is 5. The molecule has 1 N–H and O–H groups in total. The molecule has 0 saturated heterocycles. The van der Waals surface area contributed by atoms with Gasteiger partial charge in [0.1, 0.15) is 0 Å². The third-order valence-electron chi connectivity index (χ3n) is 3.64. The Labute approximate surface area is 133 Å². The highest BCUT2D eigenvalue weighted by atomic mass is 35.5. The Morgan fingerprint density at radius 3 is 2.81 bits per heavy atom. The summed E-state index contributed by atoms with van der Waals surface area (Å²) in [6, 6.07) is 0.661. The van der Waals surface area contributed by atoms with E-state index in [9.17, 15) is 0 Å². The van der Waals surface area contributed by atoms with Crippen molar-refractivity contribution < 1.29 is 4.42 Å². The lowest BCUT2D eigenvalue weighted by Crippen LogP contribution is -2.26. The van der Waals surface area contributed by atoms with Crippen LogP contribution in [0.15, 0.2) is 16.1 Å². The first kappa shape index (κ1) is 18.0. The van der Waals surface area contributed by atoms with Crippen molar-refractivity contribution in [2.45, 2.75) is 52.0 Å². The van der Waals surface area contributed by atoms with Gasteiger partial charge in [-0.25, -0.2) is 0 Å². The summed E-state index contributed by atoms with van der Waals surface area (Å²) in [6.07, 6.45) is 9.80. The van der Waals surface area contributed by atoms with Crippen LogP contribution in [-0.2, 0) is 6.54 Å². The van der Waals surface area contributed by atoms with Gasteiger partial charge in [-0.2, -0.15) is 0 Å². The van der Waals surface area contributed by atoms with Crippen molar-refractivity contribution in [3.63, 3.8) is 0 Å². The van der Waals surface area contributed by atoms with Gasteiger partial charge in [0.05, 0.1) is 6.54 Å². The number of rotatable bonds is 8. The van der Waals surface area contributed by atoms with Crippen molar-refractivity contribution in [3.05, 3.63) is 17.5 Å². The molecule has 0 spiro atoms. The Morgan fingerprint density at radius 1 is 1.29 bits per heavy atom. The first-order chi connectivity index (χ1) is 9.83. The zero-order valence-electron chi connectivity index (χ0n) is 13.1. The highest BCUT2D eigenvalue weighted by Crippen LogP contribution is 2.21. The van der Waals surface area contributed by atoms with Crippen molar-refractivity contribution >= 4 is 18.4 Å². The summed E-state index contributed by atoms with van der Waals surface area (Å²) in [7, 11) is 1.88. The lowest BCUT2D eigenvalue weighted by Gasteiger charge is -2.21. The van der Waals surface area contributed by atoms with Crippen molar-refractivity contribution in [2.75, 3.05) is 25.0 Å². The van der Waals surface area contributed by atoms with Crippen LogP contribution in [0, 0.1) is 0 Å². The predicted molar refractivity (Wildman–Crippen MR) is 88.0 cm³/mol. The molecule has 1 aliphatic carbocycles. The van der Waals surface area contributed by atoms with Crippen molar-refractivity contribution in [1.82, 2.24) is 15.5 Å². The number of allylic oxidation sites excluding steroid dienone is 1. The van der Waals surface area contributed by atoms with Gasteiger partial charge in [0.25, 0.3) is 0 Å². The average molecular weight is 315 g/mol. The molecule has 1 aliphatic rings. The zero-order valence-corrected chi connectivity index (χ0v) is 13.9. The number of aromatic nitrogens is 2. The largest absolute Gasteiger partial charge is 0.407 e. The van der Waals surface area contributed by atoms with E-state index in [1.807, 2.05) is 7.05 Å². The SMILES string of the molecule is CCCN(CCC1=CCCCC1)c1nnc(CNC)o1.Cl. The zero-order chi connectivity index (χ0) is 14.2. The molecule has 0 unspecified atom stereocenters. The topological polar surface area (TPSA) is 54.2 Å². The Kier molecular flexibility index (Phi) is 8.38. The van der Waals surface area contributed by atoms with E-state index in [4.69, 9.17) is 4.42 Å². The monoisotopic (exact) mass is 314 g/mol. The third kappa shape index (κ3) is 5.67. The number of hydrogen-bond donors (Lipinski definition) is 1. The molecule has 0 amide bonds. The quantitative estimate of drug-likeness (QED) is 0.746. The van der Waals surface area contributed by atoms with Crippen molar-refractivity contribution in [1.29, 1.82) is 0 Å². The van der Waals surface area contributed by atoms with Gasteiger partial charge in [0.2, 0.25) is 5.89 Å². The molecule has 1 aromatic rings. The van der Waals surface area contributed by atoms with E-state index in [1.54, 1.807) is 5.57 Å². The fraction of sp³-hybridized carbons (Fsp3) is 0.733. The number of anilines is 1. The molecule has 0 bridgehead atoms. The molecule has 1 aromatic heterocycles. The number of nitrogens with zero attached hydrogens (tertiary/aromatic N) is 3. The third-order valence-corrected chi connectivity index (χ3v) is 3.64. The fourth-order valence-electron chi connectivity index (χ4n) is 2.58. The molecule has 0 atom stereocenters. The second kappa shape index (κ2) is 9.79. The molecule has 0 fully saturated rings. The molecule has 0 saturated carbocycles. The molecule has 6 heteroatoms. The summed E-state index contributed by atoms with van der Waals surface area (Å²) in [6.45, 7) is 4.74. The van der Waals surface area contributed by atoms with Crippen molar-refractivity contribution in [3.8, 4) is 0 Å². The van der Waals surface area contributed by atoms with Gasteiger partial charge in [-0.05, 0) is 45.6 Å². The van der Waals surface area contributed by atoms with E-state index < -0.39 is 0 Å². The highest BCUT2D eigenvalue weighted by molar-refractivity contribution is 5.85. The first-order valence-corrected chi connectivity index (χ1v) is 7.73. The van der Waals surface area contributed by atoms with Gasteiger partial charge >= 0.3 is 6.01 Å². The van der Waals surface area contributed by atoms with Crippen LogP contribution < -0.4 is 10.2 Å². The van der Waals surface area contributed by atoms with Gasteiger partial charge < -0.3 is 14.6 Å². The Balaban J connectivity index is 0.00000220. The normalized spacial score (nSPS) is 14.5. The Bertz CT molecular complexity index is 433.